The topological polar surface area (TPSA) is 139 Å². The molecule has 0 radical (unpaired) electrons. The van der Waals surface area contributed by atoms with Crippen LogP contribution in [0.25, 0.3) is 10.8 Å². The number of hydrogen-bond acceptors (Lipinski definition) is 11. The Balaban J connectivity index is 1.26. The molecule has 12 nitrogen and oxygen atoms in total. The molecular weight excluding hydrogens is 649 g/mol. The highest BCUT2D eigenvalue weighted by molar-refractivity contribution is 7.90. The van der Waals surface area contributed by atoms with Gasteiger partial charge in [0.25, 0.3) is 0 Å². The van der Waals surface area contributed by atoms with E-state index in [1.807, 2.05) is 24.0 Å². The van der Waals surface area contributed by atoms with Crippen molar-refractivity contribution in [3.63, 3.8) is 0 Å². The molecule has 5 heterocycles. The minimum absolute atomic E-state index is 0.000109. The highest BCUT2D eigenvalue weighted by Crippen LogP contribution is 2.43. The van der Waals surface area contributed by atoms with Crippen LogP contribution in [0.3, 0.4) is 0 Å². The number of nitrogens with zero attached hydrogens (tertiary/aromatic N) is 5. The number of piperidine rings is 1. The zero-order valence-corrected chi connectivity index (χ0v) is 29.4. The number of carbonyl (C=O) groups is 1. The van der Waals surface area contributed by atoms with Gasteiger partial charge >= 0.3 is 0 Å². The summed E-state index contributed by atoms with van der Waals surface area (Å²) in [6, 6.07) is 5.61. The minimum atomic E-state index is -3.12. The largest absolute Gasteiger partial charge is 0.381 e. The molecule has 1 amide bonds. The molecule has 3 saturated heterocycles. The molecule has 0 saturated carbocycles. The first-order valence-corrected chi connectivity index (χ1v) is 19.0. The fourth-order valence-corrected chi connectivity index (χ4v) is 8.26. The number of hydrogen-bond donors (Lipinski definition) is 2. The van der Waals surface area contributed by atoms with E-state index in [4.69, 9.17) is 19.4 Å². The van der Waals surface area contributed by atoms with E-state index in [1.54, 1.807) is 18.5 Å². The van der Waals surface area contributed by atoms with Crippen LogP contribution >= 0.6 is 0 Å². The predicted octanol–water partition coefficient (Wildman–Crippen LogP) is 5.00. The van der Waals surface area contributed by atoms with Gasteiger partial charge in [-0.25, -0.2) is 22.8 Å². The molecule has 6 rings (SSSR count). The number of fused-ring (bicyclic) bond motifs is 1. The molecular formula is C35H46FN7O5S. The van der Waals surface area contributed by atoms with E-state index >= 15 is 4.39 Å². The summed E-state index contributed by atoms with van der Waals surface area (Å²) in [6.07, 6.45) is 6.50. The van der Waals surface area contributed by atoms with Crippen LogP contribution in [-0.2, 0) is 24.1 Å². The molecule has 0 spiro atoms. The molecule has 1 aromatic carbocycles. The highest BCUT2D eigenvalue weighted by Gasteiger charge is 2.39. The second kappa shape index (κ2) is 14.5. The maximum atomic E-state index is 15.3. The number of alkyl halides is 1. The number of amides is 1. The van der Waals surface area contributed by atoms with Crippen molar-refractivity contribution < 1.29 is 27.1 Å². The number of pyridine rings is 1. The summed E-state index contributed by atoms with van der Waals surface area (Å²) in [6.45, 7) is 12.4. The molecule has 2 aromatic heterocycles. The number of halogens is 1. The van der Waals surface area contributed by atoms with Crippen molar-refractivity contribution in [3.8, 4) is 0 Å². The number of nitrogens with one attached hydrogen (secondary N) is 2. The van der Waals surface area contributed by atoms with E-state index in [0.29, 0.717) is 56.0 Å². The molecule has 49 heavy (non-hydrogen) atoms. The van der Waals surface area contributed by atoms with Gasteiger partial charge in [0.05, 0.1) is 24.5 Å². The average Bonchev–Trinajstić information content (AvgIpc) is 3.06. The zero-order valence-electron chi connectivity index (χ0n) is 28.6. The molecule has 3 aliphatic heterocycles. The monoisotopic (exact) mass is 695 g/mol. The number of anilines is 5. The van der Waals surface area contributed by atoms with Crippen LogP contribution in [0.15, 0.2) is 43.2 Å². The lowest BCUT2D eigenvalue weighted by Gasteiger charge is -2.48. The summed E-state index contributed by atoms with van der Waals surface area (Å²) < 4.78 is 50.8. The first kappa shape index (κ1) is 35.0. The first-order chi connectivity index (χ1) is 23.4. The second-order valence-electron chi connectivity index (χ2n) is 13.7. The number of aromatic nitrogens is 3. The van der Waals surface area contributed by atoms with E-state index in [0.717, 1.165) is 34.9 Å². The van der Waals surface area contributed by atoms with Gasteiger partial charge in [-0.1, -0.05) is 20.4 Å². The van der Waals surface area contributed by atoms with Gasteiger partial charge in [-0.05, 0) is 67.3 Å². The van der Waals surface area contributed by atoms with Crippen molar-refractivity contribution in [1.82, 2.24) is 15.0 Å². The summed E-state index contributed by atoms with van der Waals surface area (Å²) in [5, 5.41) is 8.08. The summed E-state index contributed by atoms with van der Waals surface area (Å²) in [5.41, 5.74) is 2.46. The third-order valence-electron chi connectivity index (χ3n) is 9.69. The van der Waals surface area contributed by atoms with Crippen molar-refractivity contribution in [3.05, 3.63) is 48.8 Å². The summed E-state index contributed by atoms with van der Waals surface area (Å²) >= 11 is 0. The van der Waals surface area contributed by atoms with Crippen LogP contribution in [0.4, 0.5) is 33.3 Å². The van der Waals surface area contributed by atoms with E-state index in [2.05, 4.69) is 40.9 Å². The van der Waals surface area contributed by atoms with Gasteiger partial charge in [-0.2, -0.15) is 4.98 Å². The Kier molecular flexibility index (Phi) is 10.4. The standard InChI is InChI=1S/C35H46FN7O5S/c1-6-33(44)39-28-16-29(43-18-23(22(43)4)20-49(5,45)46)26-17-38-32(15-25(26)34(28)21(2)3)40-31-7-11-37-35(41-31)42-12-8-30(27(36)19-42)48-24-9-13-47-14-10-24/h6-7,11,15-17,21-24,27,30H,1,8-10,12-14,18-20H2,2-5H3,(H,39,44)(H,37,38,40,41)/t22-,23-,27+,30-/m1/s1. The van der Waals surface area contributed by atoms with Gasteiger partial charge in [0, 0.05) is 73.7 Å². The smallest absolute Gasteiger partial charge is 0.247 e. The van der Waals surface area contributed by atoms with Crippen LogP contribution < -0.4 is 20.4 Å². The normalized spacial score (nSPS) is 23.4. The second-order valence-corrected chi connectivity index (χ2v) is 15.9. The molecule has 3 aromatic rings. The van der Waals surface area contributed by atoms with Crippen molar-refractivity contribution in [1.29, 1.82) is 0 Å². The van der Waals surface area contributed by atoms with E-state index in [1.165, 1.54) is 12.3 Å². The van der Waals surface area contributed by atoms with E-state index in [9.17, 15) is 13.2 Å². The molecule has 0 aliphatic carbocycles. The quantitative estimate of drug-likeness (QED) is 0.262. The minimum Gasteiger partial charge on any atom is -0.381 e. The Labute approximate surface area is 287 Å². The van der Waals surface area contributed by atoms with Crippen molar-refractivity contribution in [2.45, 2.75) is 70.4 Å². The summed E-state index contributed by atoms with van der Waals surface area (Å²) in [5.74, 6) is 1.30. The molecule has 0 bridgehead atoms. The van der Waals surface area contributed by atoms with Gasteiger partial charge in [0.15, 0.2) is 0 Å². The average molecular weight is 696 g/mol. The van der Waals surface area contributed by atoms with Gasteiger partial charge in [-0.15, -0.1) is 0 Å². The van der Waals surface area contributed by atoms with Crippen LogP contribution in [0.1, 0.15) is 51.5 Å². The van der Waals surface area contributed by atoms with E-state index in [-0.39, 0.29) is 42.2 Å². The fraction of sp³-hybridized carbons (Fsp3) is 0.543. The van der Waals surface area contributed by atoms with Crippen LogP contribution in [0, 0.1) is 5.92 Å². The zero-order chi connectivity index (χ0) is 34.9. The third kappa shape index (κ3) is 7.97. The molecule has 3 aliphatic rings. The van der Waals surface area contributed by atoms with Crippen molar-refractivity contribution in [2.24, 2.45) is 5.92 Å². The molecule has 4 atom stereocenters. The lowest BCUT2D eigenvalue weighted by atomic mass is 9.88. The lowest BCUT2D eigenvalue weighted by Crippen LogP contribution is -2.57. The van der Waals surface area contributed by atoms with Crippen molar-refractivity contribution >= 4 is 55.5 Å². The highest BCUT2D eigenvalue weighted by atomic mass is 32.2. The molecule has 264 valence electrons. The van der Waals surface area contributed by atoms with Gasteiger partial charge in [-0.3, -0.25) is 4.79 Å². The predicted molar refractivity (Wildman–Crippen MR) is 190 cm³/mol. The maximum Gasteiger partial charge on any atom is 0.247 e. The van der Waals surface area contributed by atoms with Gasteiger partial charge in [0.2, 0.25) is 11.9 Å². The number of carbonyl (C=O) groups excluding carboxylic acids is 1. The number of sulfone groups is 1. The lowest BCUT2D eigenvalue weighted by molar-refractivity contribution is -0.111. The van der Waals surface area contributed by atoms with Crippen molar-refractivity contribution in [2.75, 3.05) is 65.3 Å². The number of rotatable bonds is 11. The number of benzene rings is 1. The Hall–Kier alpha value is -3.88. The summed E-state index contributed by atoms with van der Waals surface area (Å²) in [4.78, 5) is 30.4. The molecule has 2 N–H and O–H groups in total. The van der Waals surface area contributed by atoms with E-state index < -0.39 is 22.1 Å². The Bertz CT molecular complexity index is 1800. The molecule has 0 unspecified atom stereocenters. The Morgan fingerprint density at radius 2 is 1.94 bits per heavy atom. The van der Waals surface area contributed by atoms with Crippen LogP contribution in [-0.4, -0.2) is 98.6 Å². The Morgan fingerprint density at radius 1 is 1.16 bits per heavy atom. The maximum absolute atomic E-state index is 15.3. The van der Waals surface area contributed by atoms with Crippen LogP contribution in [0.5, 0.6) is 0 Å². The molecule has 14 heteroatoms. The fourth-order valence-electron chi connectivity index (χ4n) is 7.10. The van der Waals surface area contributed by atoms with Crippen LogP contribution in [0.2, 0.25) is 0 Å². The Morgan fingerprint density at radius 3 is 2.61 bits per heavy atom. The SMILES string of the molecule is C=CC(=O)Nc1cc(N2C[C@H](CS(C)(=O)=O)[C@H]2C)c2cnc(Nc3ccnc(N4CC[C@@H](OC5CCOCC5)[C@@H](F)C4)n3)cc2c1C(C)C. The number of ether oxygens (including phenoxy) is 2. The molecule has 3 fully saturated rings. The van der Waals surface area contributed by atoms with Gasteiger partial charge < -0.3 is 29.9 Å². The summed E-state index contributed by atoms with van der Waals surface area (Å²) in [7, 11) is -3.12. The van der Waals surface area contributed by atoms with Gasteiger partial charge in [0.1, 0.15) is 27.6 Å². The third-order valence-corrected chi connectivity index (χ3v) is 10.7. The first-order valence-electron chi connectivity index (χ1n) is 17.0.